The summed E-state index contributed by atoms with van der Waals surface area (Å²) in [5, 5.41) is 7.77. The van der Waals surface area contributed by atoms with Crippen molar-refractivity contribution in [2.75, 3.05) is 6.26 Å². The van der Waals surface area contributed by atoms with Crippen LogP contribution in [0.2, 0.25) is 0 Å². The van der Waals surface area contributed by atoms with Gasteiger partial charge in [-0.3, -0.25) is 5.10 Å². The molecule has 0 spiro atoms. The quantitative estimate of drug-likeness (QED) is 0.592. The smallest absolute Gasteiger partial charge is 0.187 e. The molecule has 0 saturated heterocycles. The standard InChI is InChI=1S/C14H11FN4S/c1-20-14-16-7-6-12(18-14)11-8-17-19-13(11)9-2-4-10(15)5-3-9/h2-8H,1H3,(H,17,19). The molecule has 0 atom stereocenters. The van der Waals surface area contributed by atoms with E-state index in [0.29, 0.717) is 5.16 Å². The maximum atomic E-state index is 13.0. The van der Waals surface area contributed by atoms with E-state index in [2.05, 4.69) is 20.2 Å². The minimum Gasteiger partial charge on any atom is -0.284 e. The molecule has 4 nitrogen and oxygen atoms in total. The lowest BCUT2D eigenvalue weighted by Gasteiger charge is -2.03. The summed E-state index contributed by atoms with van der Waals surface area (Å²) in [4.78, 5) is 8.61. The molecular formula is C14H11FN4S. The predicted octanol–water partition coefficient (Wildman–Crippen LogP) is 3.39. The zero-order chi connectivity index (χ0) is 13.9. The Kier molecular flexibility index (Phi) is 3.47. The summed E-state index contributed by atoms with van der Waals surface area (Å²) in [7, 11) is 0. The number of halogens is 1. The van der Waals surface area contributed by atoms with Gasteiger partial charge in [0.2, 0.25) is 0 Å². The van der Waals surface area contributed by atoms with Crippen molar-refractivity contribution in [2.24, 2.45) is 0 Å². The molecule has 0 aliphatic rings. The second kappa shape index (κ2) is 5.42. The Morgan fingerprint density at radius 1 is 1.15 bits per heavy atom. The van der Waals surface area contributed by atoms with Gasteiger partial charge in [-0.15, -0.1) is 0 Å². The van der Waals surface area contributed by atoms with E-state index in [1.165, 1.54) is 23.9 Å². The maximum absolute atomic E-state index is 13.0. The van der Waals surface area contributed by atoms with Crippen molar-refractivity contribution < 1.29 is 4.39 Å². The van der Waals surface area contributed by atoms with Gasteiger partial charge in [-0.1, -0.05) is 11.8 Å². The summed E-state index contributed by atoms with van der Waals surface area (Å²) < 4.78 is 13.0. The third kappa shape index (κ3) is 2.42. The number of benzene rings is 1. The molecule has 0 bridgehead atoms. The van der Waals surface area contributed by atoms with Crippen molar-refractivity contribution in [3.63, 3.8) is 0 Å². The highest BCUT2D eigenvalue weighted by molar-refractivity contribution is 7.98. The number of nitrogens with zero attached hydrogens (tertiary/aromatic N) is 3. The Morgan fingerprint density at radius 3 is 2.70 bits per heavy atom. The van der Waals surface area contributed by atoms with Crippen molar-refractivity contribution in [3.05, 3.63) is 48.5 Å². The van der Waals surface area contributed by atoms with Crippen LogP contribution in [0, 0.1) is 5.82 Å². The minimum absolute atomic E-state index is 0.266. The van der Waals surface area contributed by atoms with Gasteiger partial charge in [0.05, 0.1) is 5.69 Å². The van der Waals surface area contributed by atoms with E-state index < -0.39 is 0 Å². The maximum Gasteiger partial charge on any atom is 0.187 e. The Bertz CT molecular complexity index is 724. The van der Waals surface area contributed by atoms with Crippen molar-refractivity contribution in [2.45, 2.75) is 5.16 Å². The number of H-pyrrole nitrogens is 1. The third-order valence-corrected chi connectivity index (χ3v) is 3.41. The van der Waals surface area contributed by atoms with Crippen molar-refractivity contribution in [3.8, 4) is 22.5 Å². The van der Waals surface area contributed by atoms with Gasteiger partial charge in [-0.25, -0.2) is 14.4 Å². The summed E-state index contributed by atoms with van der Waals surface area (Å²) in [6, 6.07) is 8.07. The van der Waals surface area contributed by atoms with Gasteiger partial charge in [0.15, 0.2) is 5.16 Å². The van der Waals surface area contributed by atoms with Crippen LogP contribution < -0.4 is 0 Å². The molecule has 20 heavy (non-hydrogen) atoms. The third-order valence-electron chi connectivity index (χ3n) is 2.85. The zero-order valence-electron chi connectivity index (χ0n) is 10.7. The lowest BCUT2D eigenvalue weighted by molar-refractivity contribution is 0.628. The Balaban J connectivity index is 2.07. The number of thioether (sulfide) groups is 1. The van der Waals surface area contributed by atoms with Gasteiger partial charge in [0.25, 0.3) is 0 Å². The van der Waals surface area contributed by atoms with Gasteiger partial charge in [-0.05, 0) is 36.6 Å². The molecule has 6 heteroatoms. The van der Waals surface area contributed by atoms with Gasteiger partial charge in [-0.2, -0.15) is 5.10 Å². The molecular weight excluding hydrogens is 275 g/mol. The summed E-state index contributed by atoms with van der Waals surface area (Å²) in [5.74, 6) is -0.266. The molecule has 3 aromatic rings. The average molecular weight is 286 g/mol. The fourth-order valence-electron chi connectivity index (χ4n) is 1.90. The highest BCUT2D eigenvalue weighted by Crippen LogP contribution is 2.29. The lowest BCUT2D eigenvalue weighted by Crippen LogP contribution is -1.90. The van der Waals surface area contributed by atoms with Gasteiger partial charge < -0.3 is 0 Å². The summed E-state index contributed by atoms with van der Waals surface area (Å²) >= 11 is 1.48. The predicted molar refractivity (Wildman–Crippen MR) is 76.8 cm³/mol. The minimum atomic E-state index is -0.266. The molecule has 3 rings (SSSR count). The lowest BCUT2D eigenvalue weighted by atomic mass is 10.1. The number of aromatic nitrogens is 4. The van der Waals surface area contributed by atoms with Gasteiger partial charge in [0, 0.05) is 23.5 Å². The molecule has 0 unspecified atom stereocenters. The Labute approximate surface area is 119 Å². The van der Waals surface area contributed by atoms with E-state index in [4.69, 9.17) is 0 Å². The van der Waals surface area contributed by atoms with Crippen LogP contribution in [-0.4, -0.2) is 26.4 Å². The van der Waals surface area contributed by atoms with Crippen molar-refractivity contribution in [1.29, 1.82) is 0 Å². The molecule has 100 valence electrons. The van der Waals surface area contributed by atoms with E-state index in [1.807, 2.05) is 12.3 Å². The SMILES string of the molecule is CSc1nccc(-c2c[nH]nc2-c2ccc(F)cc2)n1. The molecule has 0 aliphatic heterocycles. The second-order valence-electron chi connectivity index (χ2n) is 4.08. The molecule has 2 aromatic heterocycles. The molecule has 0 fully saturated rings. The summed E-state index contributed by atoms with van der Waals surface area (Å²) in [6.45, 7) is 0. The monoisotopic (exact) mass is 286 g/mol. The molecule has 0 aliphatic carbocycles. The fourth-order valence-corrected chi connectivity index (χ4v) is 2.26. The number of nitrogens with one attached hydrogen (secondary N) is 1. The van der Waals surface area contributed by atoms with Gasteiger partial charge in [0.1, 0.15) is 11.5 Å². The zero-order valence-corrected chi connectivity index (χ0v) is 11.5. The molecule has 1 N–H and O–H groups in total. The first-order chi connectivity index (χ1) is 9.78. The summed E-state index contributed by atoms with van der Waals surface area (Å²) in [5.41, 5.74) is 3.24. The van der Waals surface area contributed by atoms with Crippen LogP contribution in [0.1, 0.15) is 0 Å². The van der Waals surface area contributed by atoms with E-state index in [1.54, 1.807) is 24.5 Å². The normalized spacial score (nSPS) is 10.7. The second-order valence-corrected chi connectivity index (χ2v) is 4.86. The fraction of sp³-hybridized carbons (Fsp3) is 0.0714. The molecule has 0 amide bonds. The van der Waals surface area contributed by atoms with Crippen LogP contribution in [0.3, 0.4) is 0 Å². The number of rotatable bonds is 3. The Morgan fingerprint density at radius 2 is 1.95 bits per heavy atom. The van der Waals surface area contributed by atoms with Crippen molar-refractivity contribution in [1.82, 2.24) is 20.2 Å². The molecule has 1 aromatic carbocycles. The first kappa shape index (κ1) is 12.8. The first-order valence-corrected chi connectivity index (χ1v) is 7.17. The van der Waals surface area contributed by atoms with Crippen LogP contribution in [0.4, 0.5) is 4.39 Å². The summed E-state index contributed by atoms with van der Waals surface area (Å²) in [6.07, 6.45) is 5.43. The Hall–Kier alpha value is -2.21. The highest BCUT2D eigenvalue weighted by atomic mass is 32.2. The van der Waals surface area contributed by atoms with E-state index in [0.717, 1.165) is 22.5 Å². The molecule has 2 heterocycles. The van der Waals surface area contributed by atoms with Gasteiger partial charge >= 0.3 is 0 Å². The van der Waals surface area contributed by atoms with Crippen LogP contribution in [0.5, 0.6) is 0 Å². The molecule has 0 saturated carbocycles. The van der Waals surface area contributed by atoms with Crippen LogP contribution in [-0.2, 0) is 0 Å². The first-order valence-electron chi connectivity index (χ1n) is 5.95. The van der Waals surface area contributed by atoms with E-state index >= 15 is 0 Å². The van der Waals surface area contributed by atoms with Crippen molar-refractivity contribution >= 4 is 11.8 Å². The topological polar surface area (TPSA) is 54.5 Å². The van der Waals surface area contributed by atoms with E-state index in [9.17, 15) is 4.39 Å². The average Bonchev–Trinajstić information content (AvgIpc) is 2.97. The number of hydrogen-bond donors (Lipinski definition) is 1. The number of hydrogen-bond acceptors (Lipinski definition) is 4. The molecule has 0 radical (unpaired) electrons. The number of aromatic amines is 1. The van der Waals surface area contributed by atoms with E-state index in [-0.39, 0.29) is 5.82 Å². The van der Waals surface area contributed by atoms with Crippen LogP contribution in [0.25, 0.3) is 22.5 Å². The van der Waals surface area contributed by atoms with Crippen LogP contribution in [0.15, 0.2) is 47.9 Å². The van der Waals surface area contributed by atoms with Crippen LogP contribution >= 0.6 is 11.8 Å². The highest BCUT2D eigenvalue weighted by Gasteiger charge is 2.12. The largest absolute Gasteiger partial charge is 0.284 e.